The number of fused-ring (bicyclic) bond motifs is 5. The molecule has 8 heteroatoms. The van der Waals surface area contributed by atoms with E-state index < -0.39 is 0 Å². The monoisotopic (exact) mass is 580 g/mol. The molecular formula is C26H27BIN4OP. The zero-order valence-electron chi connectivity index (χ0n) is 19.2. The van der Waals surface area contributed by atoms with Crippen molar-refractivity contribution in [1.82, 2.24) is 9.55 Å². The first-order valence-corrected chi connectivity index (χ1v) is 16.1. The van der Waals surface area contributed by atoms with E-state index in [-0.39, 0.29) is 6.71 Å². The summed E-state index contributed by atoms with van der Waals surface area (Å²) in [4.78, 5) is 2.47. The van der Waals surface area contributed by atoms with E-state index in [0.29, 0.717) is 30.7 Å². The second-order valence-electron chi connectivity index (χ2n) is 9.90. The molecule has 5 nitrogen and oxygen atoms in total. The minimum atomic E-state index is 0.284. The number of rotatable bonds is 4. The number of nitriles is 1. The van der Waals surface area contributed by atoms with Gasteiger partial charge < -0.3 is 9.64 Å². The van der Waals surface area contributed by atoms with E-state index in [4.69, 9.17) is 4.74 Å². The maximum Gasteiger partial charge on any atom is 0.274 e. The highest BCUT2D eigenvalue weighted by Crippen LogP contribution is 2.50. The number of nitrogens with zero attached hydrogens (tertiary/aromatic N) is 4. The molecule has 0 radical (unpaired) electrons. The van der Waals surface area contributed by atoms with Gasteiger partial charge in [0.1, 0.15) is 5.75 Å². The fourth-order valence-electron chi connectivity index (χ4n) is 6.34. The first-order valence-electron chi connectivity index (χ1n) is 12.1. The maximum absolute atomic E-state index is 9.57. The third-order valence-electron chi connectivity index (χ3n) is 8.17. The molecule has 1 aromatic heterocycles. The van der Waals surface area contributed by atoms with Crippen molar-refractivity contribution in [2.45, 2.75) is 49.8 Å². The molecule has 2 fully saturated rings. The van der Waals surface area contributed by atoms with Gasteiger partial charge in [-0.25, -0.2) is 9.71 Å². The lowest BCUT2D eigenvalue weighted by Crippen LogP contribution is -2.40. The number of halogens is 1. The van der Waals surface area contributed by atoms with Crippen LogP contribution in [0, 0.1) is 11.2 Å². The molecule has 172 valence electrons. The van der Waals surface area contributed by atoms with Crippen LogP contribution in [-0.2, 0) is 6.42 Å². The summed E-state index contributed by atoms with van der Waals surface area (Å²) in [6, 6.07) is 14.0. The predicted octanol–water partition coefficient (Wildman–Crippen LogP) is 6.63. The lowest BCUT2D eigenvalue weighted by molar-refractivity contribution is 0.326. The summed E-state index contributed by atoms with van der Waals surface area (Å²) in [5, 5.41) is 14.0. The molecule has 0 aliphatic carbocycles. The summed E-state index contributed by atoms with van der Waals surface area (Å²) in [5.41, 5.74) is 7.34. The molecule has 2 saturated heterocycles. The molecule has 3 aliphatic rings. The van der Waals surface area contributed by atoms with Crippen LogP contribution < -0.4 is 9.64 Å². The second kappa shape index (κ2) is 9.20. The molecule has 3 atom stereocenters. The first kappa shape index (κ1) is 22.4. The van der Waals surface area contributed by atoms with Gasteiger partial charge in [-0.2, -0.15) is 5.10 Å². The van der Waals surface area contributed by atoms with E-state index in [1.165, 1.54) is 35.2 Å². The number of anilines is 1. The maximum atomic E-state index is 9.57. The van der Waals surface area contributed by atoms with E-state index >= 15 is 0 Å². The van der Waals surface area contributed by atoms with Crippen LogP contribution >= 0.6 is 28.4 Å². The molecule has 3 aliphatic heterocycles. The Bertz CT molecular complexity index is 1260. The molecule has 3 unspecified atom stereocenters. The standard InChI is InChI=1S/C26H27BIN4OP/c1-31(23-12-20-3-4-21(13-23)27(20)16-29)22-5-7-24-18(10-22)8-9-33-26-11-17(2-6-25(24)26)19-14-30-32(15-19)34-28/h2,5-7,10-11,14-15,20-21,23,34H,3-4,8-9,12-13H2,1H3. The average molecular weight is 580 g/mol. The fraction of sp³-hybridized carbons (Fsp3) is 0.385. The normalized spacial score (nSPS) is 23.2. The van der Waals surface area contributed by atoms with Crippen LogP contribution in [0.25, 0.3) is 22.3 Å². The Kier molecular flexibility index (Phi) is 6.07. The van der Waals surface area contributed by atoms with Crippen molar-refractivity contribution < 1.29 is 4.74 Å². The van der Waals surface area contributed by atoms with E-state index in [0.717, 1.165) is 36.1 Å². The zero-order valence-corrected chi connectivity index (χ0v) is 22.4. The van der Waals surface area contributed by atoms with Gasteiger partial charge in [-0.3, -0.25) is 0 Å². The van der Waals surface area contributed by atoms with E-state index in [2.05, 4.69) is 87.7 Å². The SMILES string of the molecule is CN(c1ccc2c(c1)CCOc1cc(-c3cnn(PI)c3)ccc1-2)C1CC2CCC(C1)B2C#N. The molecule has 2 aromatic carbocycles. The van der Waals surface area contributed by atoms with Crippen molar-refractivity contribution >= 4 is 40.8 Å². The molecule has 6 rings (SSSR count). The number of hydrogen-bond donors (Lipinski definition) is 0. The summed E-state index contributed by atoms with van der Waals surface area (Å²) in [5.74, 6) is 4.72. The Labute approximate surface area is 216 Å². The highest BCUT2D eigenvalue weighted by Gasteiger charge is 2.46. The van der Waals surface area contributed by atoms with Gasteiger partial charge in [0.05, 0.1) is 19.2 Å². The van der Waals surface area contributed by atoms with E-state index in [1.807, 2.05) is 10.6 Å². The van der Waals surface area contributed by atoms with Crippen molar-refractivity contribution in [3.8, 4) is 34.0 Å². The molecule has 0 N–H and O–H groups in total. The van der Waals surface area contributed by atoms with Crippen LogP contribution in [0.4, 0.5) is 5.69 Å². The van der Waals surface area contributed by atoms with Crippen molar-refractivity contribution in [3.63, 3.8) is 0 Å². The van der Waals surface area contributed by atoms with Gasteiger partial charge in [0.15, 0.2) is 0 Å². The number of benzene rings is 2. The van der Waals surface area contributed by atoms with E-state index in [1.54, 1.807) is 0 Å². The molecular weight excluding hydrogens is 553 g/mol. The fourth-order valence-corrected chi connectivity index (χ4v) is 7.42. The highest BCUT2D eigenvalue weighted by molar-refractivity contribution is 14.2. The first-order chi connectivity index (χ1) is 16.6. The van der Waals surface area contributed by atoms with Crippen LogP contribution in [-0.4, -0.2) is 36.0 Å². The van der Waals surface area contributed by atoms with Crippen LogP contribution in [0.1, 0.15) is 31.2 Å². The minimum absolute atomic E-state index is 0.284. The lowest BCUT2D eigenvalue weighted by atomic mass is 9.35. The van der Waals surface area contributed by atoms with Crippen LogP contribution in [0.15, 0.2) is 48.8 Å². The Morgan fingerprint density at radius 2 is 1.94 bits per heavy atom. The van der Waals surface area contributed by atoms with Gasteiger partial charge in [0, 0.05) is 48.5 Å². The number of ether oxygens (including phenoxy) is 1. The largest absolute Gasteiger partial charge is 0.493 e. The quantitative estimate of drug-likeness (QED) is 0.198. The van der Waals surface area contributed by atoms with Crippen LogP contribution in [0.5, 0.6) is 5.75 Å². The highest BCUT2D eigenvalue weighted by atomic mass is 127. The topological polar surface area (TPSA) is 54.1 Å². The Morgan fingerprint density at radius 1 is 1.15 bits per heavy atom. The Morgan fingerprint density at radius 3 is 2.68 bits per heavy atom. The molecule has 3 aromatic rings. The lowest BCUT2D eigenvalue weighted by Gasteiger charge is -2.37. The summed E-state index contributed by atoms with van der Waals surface area (Å²) < 4.78 is 8.20. The molecule has 0 spiro atoms. The van der Waals surface area contributed by atoms with Gasteiger partial charge in [-0.15, -0.1) is 0 Å². The summed E-state index contributed by atoms with van der Waals surface area (Å²) in [6.07, 6.45) is 10.3. The molecule has 2 bridgehead atoms. The van der Waals surface area contributed by atoms with Gasteiger partial charge >= 0.3 is 0 Å². The molecule has 34 heavy (non-hydrogen) atoms. The Hall–Kier alpha value is -2.04. The smallest absolute Gasteiger partial charge is 0.274 e. The summed E-state index contributed by atoms with van der Waals surface area (Å²) in [7, 11) is 2.24. The summed E-state index contributed by atoms with van der Waals surface area (Å²) in [6.45, 7) is 0.967. The minimum Gasteiger partial charge on any atom is -0.493 e. The van der Waals surface area contributed by atoms with Crippen molar-refractivity contribution in [1.29, 1.82) is 5.26 Å². The third-order valence-corrected chi connectivity index (χ3v) is 10.1. The van der Waals surface area contributed by atoms with E-state index in [9.17, 15) is 5.26 Å². The third kappa shape index (κ3) is 3.93. The number of hydrogen-bond acceptors (Lipinski definition) is 4. The van der Waals surface area contributed by atoms with Gasteiger partial charge in [0.25, 0.3) is 6.71 Å². The van der Waals surface area contributed by atoms with Crippen LogP contribution in [0.2, 0.25) is 11.6 Å². The molecule has 0 saturated carbocycles. The zero-order chi connectivity index (χ0) is 23.2. The van der Waals surface area contributed by atoms with Gasteiger partial charge in [-0.05, 0) is 81.4 Å². The number of aromatic nitrogens is 2. The summed E-state index contributed by atoms with van der Waals surface area (Å²) >= 11 is 2.34. The van der Waals surface area contributed by atoms with Crippen molar-refractivity contribution in [3.05, 3.63) is 54.4 Å². The van der Waals surface area contributed by atoms with Gasteiger partial charge in [-0.1, -0.05) is 31.0 Å². The van der Waals surface area contributed by atoms with Gasteiger partial charge in [0.2, 0.25) is 0 Å². The second-order valence-corrected chi connectivity index (χ2v) is 12.0. The average Bonchev–Trinajstić information content (AvgIpc) is 3.39. The molecule has 0 amide bonds. The predicted molar refractivity (Wildman–Crippen MR) is 150 cm³/mol. The Balaban J connectivity index is 1.27. The molecule has 4 heterocycles. The van der Waals surface area contributed by atoms with Crippen molar-refractivity contribution in [2.75, 3.05) is 18.6 Å². The van der Waals surface area contributed by atoms with Crippen molar-refractivity contribution in [2.24, 2.45) is 0 Å². The van der Waals surface area contributed by atoms with Crippen LogP contribution in [0.3, 0.4) is 0 Å².